The van der Waals surface area contributed by atoms with E-state index in [0.29, 0.717) is 6.54 Å². The van der Waals surface area contributed by atoms with Crippen molar-refractivity contribution in [1.29, 1.82) is 0 Å². The van der Waals surface area contributed by atoms with Crippen molar-refractivity contribution in [3.05, 3.63) is 34.3 Å². The fourth-order valence-corrected chi connectivity index (χ4v) is 2.88. The number of halogens is 1. The molecule has 106 valence electrons. The van der Waals surface area contributed by atoms with Crippen LogP contribution in [-0.4, -0.2) is 49.6 Å². The van der Waals surface area contributed by atoms with Crippen LogP contribution in [0.2, 0.25) is 5.02 Å². The molecule has 0 aromatic heterocycles. The first-order valence-electron chi connectivity index (χ1n) is 7.00. The van der Waals surface area contributed by atoms with E-state index in [9.17, 15) is 0 Å². The maximum absolute atomic E-state index is 6.24. The second-order valence-corrected chi connectivity index (χ2v) is 5.86. The van der Waals surface area contributed by atoms with E-state index in [1.165, 1.54) is 18.5 Å². The van der Waals surface area contributed by atoms with Gasteiger partial charge in [-0.2, -0.15) is 0 Å². The van der Waals surface area contributed by atoms with Gasteiger partial charge in [0.05, 0.1) is 0 Å². The molecule has 0 spiro atoms. The van der Waals surface area contributed by atoms with E-state index >= 15 is 0 Å². The Kier molecular flexibility index (Phi) is 5.22. The average molecular weight is 282 g/mol. The molecule has 1 aliphatic rings. The molecular formula is C15H24ClN3. The highest BCUT2D eigenvalue weighted by atomic mass is 35.5. The molecule has 0 bridgehead atoms. The van der Waals surface area contributed by atoms with Crippen LogP contribution in [0.3, 0.4) is 0 Å². The van der Waals surface area contributed by atoms with Crippen LogP contribution in [0.5, 0.6) is 0 Å². The number of nitrogens with zero attached hydrogens (tertiary/aromatic N) is 2. The van der Waals surface area contributed by atoms with Gasteiger partial charge in [0, 0.05) is 37.2 Å². The average Bonchev–Trinajstić information content (AvgIpc) is 2.60. The number of nitrogens with two attached hydrogens (primary N) is 1. The summed E-state index contributed by atoms with van der Waals surface area (Å²) in [5, 5.41) is 0.836. The third kappa shape index (κ3) is 3.69. The number of benzene rings is 1. The van der Waals surface area contributed by atoms with E-state index in [1.54, 1.807) is 0 Å². The molecule has 1 fully saturated rings. The standard InChI is InChI=1S/C15H24ClN3/c1-12-4-5-13(10-14(12)16)15(11-17)19-7-3-6-18(2)8-9-19/h4-5,10,15H,3,6-9,11,17H2,1-2H3. The van der Waals surface area contributed by atoms with Crippen LogP contribution in [0.25, 0.3) is 0 Å². The van der Waals surface area contributed by atoms with Gasteiger partial charge in [-0.3, -0.25) is 4.90 Å². The molecule has 0 saturated carbocycles. The Morgan fingerprint density at radius 1 is 1.26 bits per heavy atom. The van der Waals surface area contributed by atoms with Crippen LogP contribution in [-0.2, 0) is 0 Å². The van der Waals surface area contributed by atoms with Crippen molar-refractivity contribution >= 4 is 11.6 Å². The first-order valence-corrected chi connectivity index (χ1v) is 7.38. The lowest BCUT2D eigenvalue weighted by atomic mass is 10.0. The SMILES string of the molecule is Cc1ccc(C(CN)N2CCCN(C)CC2)cc1Cl. The summed E-state index contributed by atoms with van der Waals surface area (Å²) >= 11 is 6.24. The van der Waals surface area contributed by atoms with Crippen LogP contribution >= 0.6 is 11.6 Å². The minimum absolute atomic E-state index is 0.282. The summed E-state index contributed by atoms with van der Waals surface area (Å²) in [5.74, 6) is 0. The van der Waals surface area contributed by atoms with Gasteiger partial charge in [-0.15, -0.1) is 0 Å². The Morgan fingerprint density at radius 3 is 2.74 bits per heavy atom. The van der Waals surface area contributed by atoms with Crippen molar-refractivity contribution < 1.29 is 0 Å². The maximum atomic E-state index is 6.24. The van der Waals surface area contributed by atoms with Crippen LogP contribution in [0.15, 0.2) is 18.2 Å². The van der Waals surface area contributed by atoms with Gasteiger partial charge in [-0.1, -0.05) is 23.7 Å². The molecule has 19 heavy (non-hydrogen) atoms. The zero-order chi connectivity index (χ0) is 13.8. The van der Waals surface area contributed by atoms with E-state index in [2.05, 4.69) is 35.0 Å². The predicted molar refractivity (Wildman–Crippen MR) is 81.7 cm³/mol. The third-order valence-electron chi connectivity index (χ3n) is 4.00. The molecule has 0 amide bonds. The molecule has 1 aromatic carbocycles. The smallest absolute Gasteiger partial charge is 0.0471 e. The van der Waals surface area contributed by atoms with Crippen LogP contribution in [0, 0.1) is 6.92 Å². The molecule has 1 atom stereocenters. The molecule has 2 N–H and O–H groups in total. The molecule has 1 aliphatic heterocycles. The van der Waals surface area contributed by atoms with Gasteiger partial charge in [0.2, 0.25) is 0 Å². The van der Waals surface area contributed by atoms with Gasteiger partial charge in [-0.05, 0) is 44.1 Å². The maximum Gasteiger partial charge on any atom is 0.0471 e. The summed E-state index contributed by atoms with van der Waals surface area (Å²) in [4.78, 5) is 4.88. The lowest BCUT2D eigenvalue weighted by molar-refractivity contribution is 0.208. The molecule has 3 nitrogen and oxygen atoms in total. The monoisotopic (exact) mass is 281 g/mol. The van der Waals surface area contributed by atoms with Gasteiger partial charge < -0.3 is 10.6 Å². The zero-order valence-electron chi connectivity index (χ0n) is 11.9. The summed E-state index contributed by atoms with van der Waals surface area (Å²) in [6.45, 7) is 7.13. The highest BCUT2D eigenvalue weighted by Crippen LogP contribution is 2.25. The number of likely N-dealkylation sites (N-methyl/N-ethyl adjacent to an activating group) is 1. The predicted octanol–water partition coefficient (Wildman–Crippen LogP) is 2.29. The highest BCUT2D eigenvalue weighted by molar-refractivity contribution is 6.31. The minimum Gasteiger partial charge on any atom is -0.329 e. The Hall–Kier alpha value is -0.610. The molecule has 1 aromatic rings. The van der Waals surface area contributed by atoms with Gasteiger partial charge >= 0.3 is 0 Å². The topological polar surface area (TPSA) is 32.5 Å². The lowest BCUT2D eigenvalue weighted by Crippen LogP contribution is -2.36. The van der Waals surface area contributed by atoms with E-state index in [-0.39, 0.29) is 6.04 Å². The lowest BCUT2D eigenvalue weighted by Gasteiger charge is -2.30. The van der Waals surface area contributed by atoms with Crippen LogP contribution in [0.1, 0.15) is 23.6 Å². The molecular weight excluding hydrogens is 258 g/mol. The van der Waals surface area contributed by atoms with Gasteiger partial charge in [-0.25, -0.2) is 0 Å². The normalized spacial score (nSPS) is 20.2. The quantitative estimate of drug-likeness (QED) is 0.923. The fraction of sp³-hybridized carbons (Fsp3) is 0.600. The molecule has 4 heteroatoms. The summed E-state index contributed by atoms with van der Waals surface area (Å²) in [6.07, 6.45) is 1.20. The number of hydrogen-bond donors (Lipinski definition) is 1. The van der Waals surface area contributed by atoms with Gasteiger partial charge in [0.25, 0.3) is 0 Å². The fourth-order valence-electron chi connectivity index (χ4n) is 2.69. The summed E-state index contributed by atoms with van der Waals surface area (Å²) in [7, 11) is 2.18. The molecule has 0 aliphatic carbocycles. The Morgan fingerprint density at radius 2 is 2.05 bits per heavy atom. The number of hydrogen-bond acceptors (Lipinski definition) is 3. The van der Waals surface area contributed by atoms with Crippen molar-refractivity contribution in [1.82, 2.24) is 9.80 Å². The van der Waals surface area contributed by atoms with Crippen molar-refractivity contribution in [2.75, 3.05) is 39.8 Å². The minimum atomic E-state index is 0.282. The highest BCUT2D eigenvalue weighted by Gasteiger charge is 2.21. The van der Waals surface area contributed by atoms with E-state index in [1.807, 2.05) is 6.92 Å². The Bertz CT molecular complexity index is 422. The van der Waals surface area contributed by atoms with E-state index in [4.69, 9.17) is 17.3 Å². The van der Waals surface area contributed by atoms with Gasteiger partial charge in [0.1, 0.15) is 0 Å². The third-order valence-corrected chi connectivity index (χ3v) is 4.41. The van der Waals surface area contributed by atoms with Gasteiger partial charge in [0.15, 0.2) is 0 Å². The largest absolute Gasteiger partial charge is 0.329 e. The molecule has 1 unspecified atom stereocenters. The number of rotatable bonds is 3. The van der Waals surface area contributed by atoms with E-state index < -0.39 is 0 Å². The zero-order valence-corrected chi connectivity index (χ0v) is 12.7. The molecule has 0 radical (unpaired) electrons. The molecule has 1 saturated heterocycles. The summed E-state index contributed by atoms with van der Waals surface area (Å²) in [6, 6.07) is 6.60. The van der Waals surface area contributed by atoms with Crippen LogP contribution < -0.4 is 5.73 Å². The van der Waals surface area contributed by atoms with Crippen molar-refractivity contribution in [3.8, 4) is 0 Å². The summed E-state index contributed by atoms with van der Waals surface area (Å²) in [5.41, 5.74) is 8.37. The second-order valence-electron chi connectivity index (χ2n) is 5.45. The Labute approximate surface area is 121 Å². The van der Waals surface area contributed by atoms with E-state index in [0.717, 1.165) is 30.2 Å². The molecule has 2 rings (SSSR count). The second kappa shape index (κ2) is 6.71. The Balaban J connectivity index is 2.16. The first-order chi connectivity index (χ1) is 9.11. The van der Waals surface area contributed by atoms with Crippen molar-refractivity contribution in [3.63, 3.8) is 0 Å². The summed E-state index contributed by atoms with van der Waals surface area (Å²) < 4.78 is 0. The van der Waals surface area contributed by atoms with Crippen molar-refractivity contribution in [2.45, 2.75) is 19.4 Å². The molecule has 1 heterocycles. The first kappa shape index (κ1) is 14.8. The number of aryl methyl sites for hydroxylation is 1. The van der Waals surface area contributed by atoms with Crippen molar-refractivity contribution in [2.24, 2.45) is 5.73 Å². The van der Waals surface area contributed by atoms with Crippen LogP contribution in [0.4, 0.5) is 0 Å².